The Hall–Kier alpha value is -1.36. The fourth-order valence-electron chi connectivity index (χ4n) is 3.28. The summed E-state index contributed by atoms with van der Waals surface area (Å²) in [6, 6.07) is 10.1. The minimum Gasteiger partial charge on any atom is -0.335 e. The molecule has 0 bridgehead atoms. The van der Waals surface area contributed by atoms with Gasteiger partial charge >= 0.3 is 0 Å². The van der Waals surface area contributed by atoms with Crippen molar-refractivity contribution in [3.8, 4) is 0 Å². The lowest BCUT2D eigenvalue weighted by molar-refractivity contribution is -0.135. The van der Waals surface area contributed by atoms with Crippen molar-refractivity contribution in [1.82, 2.24) is 4.90 Å². The molecule has 108 valence electrons. The molecule has 2 heterocycles. The van der Waals surface area contributed by atoms with Gasteiger partial charge in [0.1, 0.15) is 0 Å². The van der Waals surface area contributed by atoms with E-state index in [1.165, 1.54) is 0 Å². The SMILES string of the molecule is O=C([C@@H]1CCS(=O)(=O)C1)N1CCC[C@@H]1c1ccccc1. The molecule has 4 nitrogen and oxygen atoms in total. The summed E-state index contributed by atoms with van der Waals surface area (Å²) in [5.74, 6) is -0.112. The Bertz CT molecular complexity index is 597. The first-order valence-electron chi connectivity index (χ1n) is 7.13. The van der Waals surface area contributed by atoms with Gasteiger partial charge in [-0.1, -0.05) is 30.3 Å². The number of rotatable bonds is 2. The fourth-order valence-corrected chi connectivity index (χ4v) is 5.01. The second-order valence-corrected chi connectivity index (χ2v) is 7.93. The number of carbonyl (C=O) groups is 1. The molecule has 20 heavy (non-hydrogen) atoms. The normalized spacial score (nSPS) is 28.7. The maximum atomic E-state index is 12.6. The summed E-state index contributed by atoms with van der Waals surface area (Å²) in [4.78, 5) is 14.5. The molecule has 0 N–H and O–H groups in total. The van der Waals surface area contributed by atoms with Crippen LogP contribution in [0.4, 0.5) is 0 Å². The van der Waals surface area contributed by atoms with Gasteiger partial charge in [0.2, 0.25) is 5.91 Å². The minimum absolute atomic E-state index is 0.0254. The molecule has 0 saturated carbocycles. The first-order valence-corrected chi connectivity index (χ1v) is 8.95. The smallest absolute Gasteiger partial charge is 0.227 e. The summed E-state index contributed by atoms with van der Waals surface area (Å²) in [5, 5.41) is 0. The number of likely N-dealkylation sites (tertiary alicyclic amines) is 1. The van der Waals surface area contributed by atoms with E-state index in [0.717, 1.165) is 24.9 Å². The lowest BCUT2D eigenvalue weighted by Gasteiger charge is -2.27. The van der Waals surface area contributed by atoms with E-state index in [9.17, 15) is 13.2 Å². The third kappa shape index (κ3) is 2.59. The Morgan fingerprint density at radius 2 is 1.90 bits per heavy atom. The Kier molecular flexibility index (Phi) is 3.54. The third-order valence-corrected chi connectivity index (χ3v) is 6.07. The average molecular weight is 293 g/mol. The van der Waals surface area contributed by atoms with Crippen LogP contribution in [0.5, 0.6) is 0 Å². The van der Waals surface area contributed by atoms with Gasteiger partial charge in [-0.05, 0) is 24.8 Å². The summed E-state index contributed by atoms with van der Waals surface area (Å²) >= 11 is 0. The highest BCUT2D eigenvalue weighted by Gasteiger charge is 2.39. The van der Waals surface area contributed by atoms with Crippen molar-refractivity contribution < 1.29 is 13.2 Å². The van der Waals surface area contributed by atoms with Crippen molar-refractivity contribution in [2.45, 2.75) is 25.3 Å². The quantitative estimate of drug-likeness (QED) is 0.835. The Labute approximate surface area is 119 Å². The topological polar surface area (TPSA) is 54.5 Å². The van der Waals surface area contributed by atoms with Gasteiger partial charge in [0.25, 0.3) is 0 Å². The molecule has 2 aliphatic heterocycles. The van der Waals surface area contributed by atoms with Crippen molar-refractivity contribution in [2.24, 2.45) is 5.92 Å². The first-order chi connectivity index (χ1) is 9.57. The highest BCUT2D eigenvalue weighted by atomic mass is 32.2. The summed E-state index contributed by atoms with van der Waals surface area (Å²) < 4.78 is 23.1. The second-order valence-electron chi connectivity index (χ2n) is 5.70. The largest absolute Gasteiger partial charge is 0.335 e. The predicted molar refractivity (Wildman–Crippen MR) is 76.9 cm³/mol. The number of benzene rings is 1. The molecule has 2 aliphatic rings. The van der Waals surface area contributed by atoms with Crippen LogP contribution in [0.1, 0.15) is 30.9 Å². The van der Waals surface area contributed by atoms with Crippen molar-refractivity contribution >= 4 is 15.7 Å². The number of carbonyl (C=O) groups excluding carboxylic acids is 1. The molecule has 5 heteroatoms. The van der Waals surface area contributed by atoms with Crippen LogP contribution in [-0.4, -0.2) is 37.3 Å². The van der Waals surface area contributed by atoms with Gasteiger partial charge in [-0.25, -0.2) is 8.42 Å². The molecule has 0 spiro atoms. The standard InChI is InChI=1S/C15H19NO3S/c17-15(13-8-10-20(18,19)11-13)16-9-4-7-14(16)12-5-2-1-3-6-12/h1-3,5-6,13-14H,4,7-11H2/t13-,14-/m1/s1. The molecule has 3 rings (SSSR count). The Morgan fingerprint density at radius 3 is 2.55 bits per heavy atom. The van der Waals surface area contributed by atoms with Crippen molar-refractivity contribution in [3.63, 3.8) is 0 Å². The first kappa shape index (κ1) is 13.6. The van der Waals surface area contributed by atoms with Crippen LogP contribution in [0.25, 0.3) is 0 Å². The Morgan fingerprint density at radius 1 is 1.15 bits per heavy atom. The van der Waals surface area contributed by atoms with Crippen LogP contribution < -0.4 is 0 Å². The summed E-state index contributed by atoms with van der Waals surface area (Å²) in [6.07, 6.45) is 2.44. The molecule has 2 saturated heterocycles. The van der Waals surface area contributed by atoms with Crippen molar-refractivity contribution in [2.75, 3.05) is 18.1 Å². The van der Waals surface area contributed by atoms with Crippen LogP contribution in [-0.2, 0) is 14.6 Å². The third-order valence-electron chi connectivity index (χ3n) is 4.30. The second kappa shape index (κ2) is 5.20. The van der Waals surface area contributed by atoms with E-state index in [2.05, 4.69) is 0 Å². The molecule has 0 aliphatic carbocycles. The number of hydrogen-bond acceptors (Lipinski definition) is 3. The van der Waals surface area contributed by atoms with E-state index >= 15 is 0 Å². The molecule has 1 aromatic rings. The average Bonchev–Trinajstić information content (AvgIpc) is 3.05. The molecule has 0 radical (unpaired) electrons. The number of sulfone groups is 1. The lowest BCUT2D eigenvalue weighted by atomic mass is 10.0. The van der Waals surface area contributed by atoms with Gasteiger partial charge < -0.3 is 4.90 Å². The van der Waals surface area contributed by atoms with E-state index in [1.807, 2.05) is 35.2 Å². The highest BCUT2D eigenvalue weighted by molar-refractivity contribution is 7.91. The van der Waals surface area contributed by atoms with E-state index in [0.29, 0.717) is 6.42 Å². The Balaban J connectivity index is 1.78. The minimum atomic E-state index is -3.00. The predicted octanol–water partition coefficient (Wildman–Crippen LogP) is 1.78. The molecule has 1 aromatic carbocycles. The van der Waals surface area contributed by atoms with Crippen LogP contribution in [0.2, 0.25) is 0 Å². The molecule has 2 atom stereocenters. The molecular weight excluding hydrogens is 274 g/mol. The highest BCUT2D eigenvalue weighted by Crippen LogP contribution is 2.34. The van der Waals surface area contributed by atoms with Gasteiger partial charge in [-0.15, -0.1) is 0 Å². The van der Waals surface area contributed by atoms with Crippen LogP contribution in [0.15, 0.2) is 30.3 Å². The summed E-state index contributed by atoms with van der Waals surface area (Å²) in [6.45, 7) is 0.745. The fraction of sp³-hybridized carbons (Fsp3) is 0.533. The van der Waals surface area contributed by atoms with E-state index in [4.69, 9.17) is 0 Å². The molecule has 1 amide bonds. The van der Waals surface area contributed by atoms with E-state index in [-0.39, 0.29) is 29.4 Å². The van der Waals surface area contributed by atoms with Crippen molar-refractivity contribution in [3.05, 3.63) is 35.9 Å². The summed E-state index contributed by atoms with van der Waals surface area (Å²) in [5.41, 5.74) is 1.15. The van der Waals surface area contributed by atoms with E-state index < -0.39 is 9.84 Å². The maximum Gasteiger partial charge on any atom is 0.227 e. The van der Waals surface area contributed by atoms with Gasteiger partial charge in [0.15, 0.2) is 9.84 Å². The molecule has 2 fully saturated rings. The van der Waals surface area contributed by atoms with Crippen LogP contribution in [0, 0.1) is 5.92 Å². The van der Waals surface area contributed by atoms with Gasteiger partial charge in [0, 0.05) is 6.54 Å². The maximum absolute atomic E-state index is 12.6. The zero-order valence-electron chi connectivity index (χ0n) is 11.4. The molecule has 0 unspecified atom stereocenters. The van der Waals surface area contributed by atoms with Gasteiger partial charge in [-0.3, -0.25) is 4.79 Å². The van der Waals surface area contributed by atoms with Crippen molar-refractivity contribution in [1.29, 1.82) is 0 Å². The van der Waals surface area contributed by atoms with Crippen LogP contribution in [0.3, 0.4) is 0 Å². The van der Waals surface area contributed by atoms with E-state index in [1.54, 1.807) is 0 Å². The lowest BCUT2D eigenvalue weighted by Crippen LogP contribution is -2.36. The van der Waals surface area contributed by atoms with Gasteiger partial charge in [0.05, 0.1) is 23.5 Å². The summed E-state index contributed by atoms with van der Waals surface area (Å²) in [7, 11) is -3.00. The van der Waals surface area contributed by atoms with Gasteiger partial charge in [-0.2, -0.15) is 0 Å². The number of amides is 1. The zero-order chi connectivity index (χ0) is 14.2. The van der Waals surface area contributed by atoms with Crippen LogP contribution >= 0.6 is 0 Å². The molecule has 0 aromatic heterocycles. The number of hydrogen-bond donors (Lipinski definition) is 0. The molecular formula is C15H19NO3S. The number of nitrogens with zero attached hydrogens (tertiary/aromatic N) is 1. The zero-order valence-corrected chi connectivity index (χ0v) is 12.2. The monoisotopic (exact) mass is 293 g/mol.